The first-order chi connectivity index (χ1) is 28.9. The number of rotatable bonds is 12. The van der Waals surface area contributed by atoms with Crippen LogP contribution in [0.5, 0.6) is 17.2 Å². The van der Waals surface area contributed by atoms with Crippen molar-refractivity contribution in [2.75, 3.05) is 0 Å². The molecule has 1 aromatic heterocycles. The largest absolute Gasteiger partial charge is 0.508 e. The number of aromatic hydroxyl groups is 3. The highest BCUT2D eigenvalue weighted by Crippen LogP contribution is 2.36. The van der Waals surface area contributed by atoms with Gasteiger partial charge in [-0.3, -0.25) is 14.4 Å². The van der Waals surface area contributed by atoms with E-state index in [1.807, 2.05) is 62.3 Å². The maximum Gasteiger partial charge on any atom is 0.342 e. The molecule has 0 aliphatic carbocycles. The van der Waals surface area contributed by atoms with Gasteiger partial charge in [-0.2, -0.15) is 0 Å². The van der Waals surface area contributed by atoms with Gasteiger partial charge < -0.3 is 29.5 Å². The van der Waals surface area contributed by atoms with Gasteiger partial charge in [0.05, 0.1) is 17.8 Å². The summed E-state index contributed by atoms with van der Waals surface area (Å²) in [5.74, 6) is -5.27. The van der Waals surface area contributed by atoms with E-state index < -0.39 is 87.7 Å². The number of aromatic nitrogens is 3. The predicted molar refractivity (Wildman–Crippen MR) is 237 cm³/mol. The van der Waals surface area contributed by atoms with Crippen molar-refractivity contribution < 1.29 is 43.9 Å². The highest BCUT2D eigenvalue weighted by atomic mass is 16.6. The van der Waals surface area contributed by atoms with Crippen LogP contribution < -0.4 is 17.1 Å². The Labute approximate surface area is 367 Å². The van der Waals surface area contributed by atoms with Crippen LogP contribution in [0.3, 0.4) is 0 Å². The molecule has 3 aromatic carbocycles. The molecule has 0 saturated heterocycles. The van der Waals surface area contributed by atoms with E-state index in [2.05, 4.69) is 0 Å². The minimum atomic E-state index is -1.65. The fraction of sp³-hybridized carbons (Fsp3) is 0.500. The lowest BCUT2D eigenvalue weighted by Gasteiger charge is -2.26. The average Bonchev–Trinajstić information content (AvgIpc) is 3.16. The fourth-order valence-corrected chi connectivity index (χ4v) is 7.17. The third kappa shape index (κ3) is 10.7. The zero-order valence-electron chi connectivity index (χ0n) is 39.0. The molecule has 0 fully saturated rings. The predicted octanol–water partition coefficient (Wildman–Crippen LogP) is 7.78. The molecule has 0 bridgehead atoms. The zero-order valence-corrected chi connectivity index (χ0v) is 39.0. The van der Waals surface area contributed by atoms with Gasteiger partial charge in [0.1, 0.15) is 17.2 Å². The van der Waals surface area contributed by atoms with Crippen molar-refractivity contribution in [1.82, 2.24) is 13.7 Å². The van der Waals surface area contributed by atoms with E-state index in [1.54, 1.807) is 57.2 Å². The molecule has 4 aromatic rings. The molecule has 63 heavy (non-hydrogen) atoms. The molecular weight excluding hydrogens is 811 g/mol. The monoisotopic (exact) mass is 873 g/mol. The van der Waals surface area contributed by atoms with Crippen LogP contribution in [0.2, 0.25) is 0 Å². The van der Waals surface area contributed by atoms with Crippen molar-refractivity contribution >= 4 is 17.9 Å². The summed E-state index contributed by atoms with van der Waals surface area (Å²) in [6.45, 7) is 25.5. The minimum absolute atomic E-state index is 0.0402. The molecule has 0 amide bonds. The molecule has 3 N–H and O–H groups in total. The number of carbonyl (C=O) groups excluding carboxylic acids is 3. The van der Waals surface area contributed by atoms with Crippen LogP contribution in [0, 0.1) is 0 Å². The van der Waals surface area contributed by atoms with Crippen molar-refractivity contribution in [2.45, 2.75) is 157 Å². The summed E-state index contributed by atoms with van der Waals surface area (Å²) in [4.78, 5) is 83.9. The summed E-state index contributed by atoms with van der Waals surface area (Å²) in [6, 6.07) is 14.1. The number of ether oxygens (including phenoxy) is 3. The summed E-state index contributed by atoms with van der Waals surface area (Å²) >= 11 is 0. The molecule has 15 nitrogen and oxygen atoms in total. The summed E-state index contributed by atoms with van der Waals surface area (Å²) in [6.07, 6.45) is -4.95. The Kier molecular flexibility index (Phi) is 14.4. The number of esters is 3. The van der Waals surface area contributed by atoms with Crippen LogP contribution in [-0.4, -0.2) is 46.9 Å². The quantitative estimate of drug-likeness (QED) is 0.0922. The van der Waals surface area contributed by atoms with Gasteiger partial charge in [0, 0.05) is 0 Å². The van der Waals surface area contributed by atoms with E-state index in [4.69, 9.17) is 14.2 Å². The van der Waals surface area contributed by atoms with Crippen molar-refractivity contribution in [3.63, 3.8) is 0 Å². The average molecular weight is 874 g/mol. The van der Waals surface area contributed by atoms with Crippen LogP contribution in [0.15, 0.2) is 69.0 Å². The topological polar surface area (TPSA) is 206 Å². The lowest BCUT2D eigenvalue weighted by molar-refractivity contribution is -0.156. The van der Waals surface area contributed by atoms with Gasteiger partial charge in [0.2, 0.25) is 0 Å². The fourth-order valence-electron chi connectivity index (χ4n) is 7.17. The van der Waals surface area contributed by atoms with Gasteiger partial charge in [-0.25, -0.2) is 28.1 Å². The molecule has 4 rings (SSSR count). The van der Waals surface area contributed by atoms with Crippen LogP contribution in [0.1, 0.15) is 174 Å². The van der Waals surface area contributed by atoms with Gasteiger partial charge in [-0.15, -0.1) is 0 Å². The van der Waals surface area contributed by atoms with Gasteiger partial charge in [0.25, 0.3) is 0 Å². The zero-order chi connectivity index (χ0) is 47.8. The number of nitrogens with zero attached hydrogens (tertiary/aromatic N) is 3. The molecule has 0 aliphatic heterocycles. The minimum Gasteiger partial charge on any atom is -0.508 e. The molecule has 0 spiro atoms. The standard InChI is InChI=1S/C48H63N3O12/c1-25(31-16-19-37(52)34(22-31)46(7,8)9)40(55)61-28(4)49-43(58)50(29(5)62-41(56)26(2)32-17-20-38(53)35(23-32)47(10,11)12)45(60)51(44(49)59)30(6)63-42(57)27(3)33-18-21-39(54)36(24-33)48(13,14)15/h16-30,52-54H,1-15H3. The number of carbonyl (C=O) groups is 3. The Morgan fingerprint density at radius 1 is 0.429 bits per heavy atom. The molecule has 15 heteroatoms. The molecule has 342 valence electrons. The summed E-state index contributed by atoms with van der Waals surface area (Å²) in [5.41, 5.74) is -2.08. The first-order valence-electron chi connectivity index (χ1n) is 21.0. The number of hydrogen-bond donors (Lipinski definition) is 3. The van der Waals surface area contributed by atoms with E-state index in [0.29, 0.717) is 47.1 Å². The highest BCUT2D eigenvalue weighted by Gasteiger charge is 2.33. The van der Waals surface area contributed by atoms with Crippen molar-refractivity contribution in [3.8, 4) is 17.2 Å². The van der Waals surface area contributed by atoms with E-state index >= 15 is 0 Å². The molecule has 0 radical (unpaired) electrons. The maximum atomic E-state index is 14.3. The maximum absolute atomic E-state index is 14.3. The van der Waals surface area contributed by atoms with Crippen LogP contribution in [0.25, 0.3) is 0 Å². The van der Waals surface area contributed by atoms with Gasteiger partial charge >= 0.3 is 35.0 Å². The number of phenols is 3. The van der Waals surface area contributed by atoms with E-state index in [0.717, 1.165) is 0 Å². The van der Waals surface area contributed by atoms with Crippen molar-refractivity contribution in [2.24, 2.45) is 0 Å². The first kappa shape index (κ1) is 49.5. The lowest BCUT2D eigenvalue weighted by atomic mass is 9.84. The van der Waals surface area contributed by atoms with E-state index in [9.17, 15) is 44.1 Å². The van der Waals surface area contributed by atoms with Crippen molar-refractivity contribution in [3.05, 3.63) is 119 Å². The molecular formula is C48H63N3O12. The Morgan fingerprint density at radius 2 is 0.635 bits per heavy atom. The lowest BCUT2D eigenvalue weighted by Crippen LogP contribution is -2.57. The van der Waals surface area contributed by atoms with Gasteiger partial charge in [-0.05, 0) is 109 Å². The van der Waals surface area contributed by atoms with Gasteiger partial charge in [-0.1, -0.05) is 98.7 Å². The van der Waals surface area contributed by atoms with Crippen LogP contribution >= 0.6 is 0 Å². The normalized spacial score (nSPS) is 15.1. The Balaban J connectivity index is 1.79. The summed E-state index contributed by atoms with van der Waals surface area (Å²) in [7, 11) is 0. The van der Waals surface area contributed by atoms with E-state index in [-0.39, 0.29) is 17.2 Å². The SMILES string of the molecule is CC(C(=O)OC(C)n1c(=O)n(C(C)OC(=O)C(C)c2ccc(O)c(C(C)(C)C)c2)c(=O)n(C(C)OC(=O)C(C)c2ccc(O)c(C(C)(C)C)c2)c1=O)c1ccc(O)c(C(C)(C)C)c1. The molecule has 0 aliphatic rings. The number of phenolic OH excluding ortho intramolecular Hbond substituents is 3. The molecule has 6 unspecified atom stereocenters. The first-order valence-corrected chi connectivity index (χ1v) is 21.0. The van der Waals surface area contributed by atoms with E-state index in [1.165, 1.54) is 39.0 Å². The second-order valence-corrected chi connectivity index (χ2v) is 19.3. The second kappa shape index (κ2) is 18.3. The molecule has 1 heterocycles. The second-order valence-electron chi connectivity index (χ2n) is 19.3. The van der Waals surface area contributed by atoms with Gasteiger partial charge in [0.15, 0.2) is 18.7 Å². The number of benzene rings is 3. The van der Waals surface area contributed by atoms with Crippen molar-refractivity contribution in [1.29, 1.82) is 0 Å². The summed E-state index contributed by atoms with van der Waals surface area (Å²) < 4.78 is 18.6. The smallest absolute Gasteiger partial charge is 0.342 e. The third-order valence-corrected chi connectivity index (χ3v) is 11.2. The van der Waals surface area contributed by atoms with Crippen LogP contribution in [0.4, 0.5) is 0 Å². The number of hydrogen-bond acceptors (Lipinski definition) is 12. The summed E-state index contributed by atoms with van der Waals surface area (Å²) in [5, 5.41) is 31.5. The highest BCUT2D eigenvalue weighted by molar-refractivity contribution is 5.79. The Hall–Kier alpha value is -6.12. The Morgan fingerprint density at radius 3 is 0.825 bits per heavy atom. The Bertz CT molecular complexity index is 2250. The molecule has 0 saturated carbocycles. The third-order valence-electron chi connectivity index (χ3n) is 11.2. The molecule has 6 atom stereocenters. The van der Waals surface area contributed by atoms with Crippen LogP contribution in [-0.2, 0) is 44.8 Å².